The fourth-order valence-corrected chi connectivity index (χ4v) is 3.90. The topological polar surface area (TPSA) is 58.1 Å². The van der Waals surface area contributed by atoms with Gasteiger partial charge in [0.15, 0.2) is 5.96 Å². The van der Waals surface area contributed by atoms with E-state index in [0.29, 0.717) is 24.5 Å². The van der Waals surface area contributed by atoms with Gasteiger partial charge in [-0.1, -0.05) is 12.1 Å². The second-order valence-electron chi connectivity index (χ2n) is 7.79. The third kappa shape index (κ3) is 8.30. The fourth-order valence-electron chi connectivity index (χ4n) is 3.90. The first kappa shape index (κ1) is 26.0. The molecule has 2 fully saturated rings. The Bertz CT molecular complexity index is 691. The van der Waals surface area contributed by atoms with Crippen LogP contribution in [0.4, 0.5) is 13.2 Å². The molecule has 2 aliphatic heterocycles. The van der Waals surface area contributed by atoms with Gasteiger partial charge in [0.05, 0.1) is 18.7 Å². The predicted octanol–water partition coefficient (Wildman–Crippen LogP) is 3.37. The van der Waals surface area contributed by atoms with Crippen LogP contribution in [0.2, 0.25) is 0 Å². The lowest BCUT2D eigenvalue weighted by Gasteiger charge is -2.34. The van der Waals surface area contributed by atoms with E-state index >= 15 is 0 Å². The van der Waals surface area contributed by atoms with Crippen molar-refractivity contribution in [1.29, 1.82) is 0 Å². The van der Waals surface area contributed by atoms with Gasteiger partial charge in [0.2, 0.25) is 0 Å². The summed E-state index contributed by atoms with van der Waals surface area (Å²) in [6.45, 7) is 5.42. The summed E-state index contributed by atoms with van der Waals surface area (Å²) in [4.78, 5) is 6.71. The van der Waals surface area contributed by atoms with Crippen LogP contribution >= 0.6 is 24.0 Å². The maximum atomic E-state index is 13.0. The molecule has 0 bridgehead atoms. The zero-order valence-electron chi connectivity index (χ0n) is 17.8. The van der Waals surface area contributed by atoms with Gasteiger partial charge in [0, 0.05) is 39.3 Å². The molecule has 0 aromatic heterocycles. The third-order valence-electron chi connectivity index (χ3n) is 5.54. The summed E-state index contributed by atoms with van der Waals surface area (Å²) >= 11 is 0. The molecule has 2 heterocycles. The quantitative estimate of drug-likeness (QED) is 0.234. The maximum Gasteiger partial charge on any atom is 0.419 e. The van der Waals surface area contributed by atoms with E-state index in [2.05, 4.69) is 20.5 Å². The van der Waals surface area contributed by atoms with E-state index in [1.165, 1.54) is 18.2 Å². The molecule has 1 unspecified atom stereocenters. The number of ether oxygens (including phenoxy) is 2. The minimum atomic E-state index is -4.43. The maximum absolute atomic E-state index is 13.0. The number of nitrogens with one attached hydrogen (secondary N) is 2. The highest BCUT2D eigenvalue weighted by Crippen LogP contribution is 2.35. The number of para-hydroxylation sites is 1. The number of nitrogens with zero attached hydrogens (tertiary/aromatic N) is 2. The molecule has 0 aliphatic carbocycles. The second-order valence-corrected chi connectivity index (χ2v) is 7.79. The van der Waals surface area contributed by atoms with Crippen molar-refractivity contribution < 1.29 is 22.6 Å². The lowest BCUT2D eigenvalue weighted by molar-refractivity contribution is -0.138. The van der Waals surface area contributed by atoms with Crippen molar-refractivity contribution in [3.8, 4) is 5.75 Å². The first-order chi connectivity index (χ1) is 14.5. The molecule has 176 valence electrons. The van der Waals surface area contributed by atoms with Gasteiger partial charge >= 0.3 is 6.18 Å². The van der Waals surface area contributed by atoms with Crippen LogP contribution < -0.4 is 15.4 Å². The smallest absolute Gasteiger partial charge is 0.419 e. The molecular weight excluding hydrogens is 524 g/mol. The average Bonchev–Trinajstić information content (AvgIpc) is 3.24. The predicted molar refractivity (Wildman–Crippen MR) is 125 cm³/mol. The Balaban J connectivity index is 0.00000341. The molecule has 6 nitrogen and oxygen atoms in total. The zero-order chi connectivity index (χ0) is 21.4. The first-order valence-electron chi connectivity index (χ1n) is 10.5. The normalized spacial score (nSPS) is 20.9. The number of hydrogen-bond donors (Lipinski definition) is 2. The molecule has 10 heteroatoms. The van der Waals surface area contributed by atoms with Crippen molar-refractivity contribution in [2.24, 2.45) is 10.9 Å². The standard InChI is InChI=1S/C21H31F3N4O2.HI/c1-25-20(26-9-13-30-19-5-3-2-4-18(19)21(22,23)24)27-17-6-10-28(11-7-17)14-16-8-12-29-15-16;/h2-5,16-17H,6-15H2,1H3,(H2,25,26,27);1H. The van der Waals surface area contributed by atoms with Crippen molar-refractivity contribution in [3.05, 3.63) is 29.8 Å². The van der Waals surface area contributed by atoms with Gasteiger partial charge in [-0.05, 0) is 37.3 Å². The number of guanidine groups is 1. The molecule has 2 aliphatic rings. The Morgan fingerprint density at radius 1 is 1.23 bits per heavy atom. The number of alkyl halides is 3. The molecular formula is C21H32F3IN4O2. The van der Waals surface area contributed by atoms with E-state index < -0.39 is 11.7 Å². The molecule has 1 atom stereocenters. The van der Waals surface area contributed by atoms with Gasteiger partial charge in [0.25, 0.3) is 0 Å². The Labute approximate surface area is 199 Å². The summed E-state index contributed by atoms with van der Waals surface area (Å²) in [6, 6.07) is 5.58. The van der Waals surface area contributed by atoms with Gasteiger partial charge in [-0.25, -0.2) is 0 Å². The van der Waals surface area contributed by atoms with Crippen LogP contribution in [0.15, 0.2) is 29.3 Å². The fraction of sp³-hybridized carbons (Fsp3) is 0.667. The van der Waals surface area contributed by atoms with Crippen molar-refractivity contribution in [2.75, 3.05) is 53.0 Å². The molecule has 0 radical (unpaired) electrons. The van der Waals surface area contributed by atoms with E-state index in [4.69, 9.17) is 9.47 Å². The monoisotopic (exact) mass is 556 g/mol. The Kier molecular flexibility index (Phi) is 10.6. The highest BCUT2D eigenvalue weighted by atomic mass is 127. The van der Waals surface area contributed by atoms with E-state index in [9.17, 15) is 13.2 Å². The van der Waals surface area contributed by atoms with Crippen LogP contribution in [0.5, 0.6) is 5.75 Å². The number of likely N-dealkylation sites (tertiary alicyclic amines) is 1. The molecule has 3 rings (SSSR count). The van der Waals surface area contributed by atoms with Crippen LogP contribution in [-0.2, 0) is 10.9 Å². The highest BCUT2D eigenvalue weighted by molar-refractivity contribution is 14.0. The van der Waals surface area contributed by atoms with E-state index in [0.717, 1.165) is 58.2 Å². The SMILES string of the molecule is CN=C(NCCOc1ccccc1C(F)(F)F)NC1CCN(CC2CCOC2)CC1.I. The molecule has 1 aromatic carbocycles. The minimum absolute atomic E-state index is 0. The van der Waals surface area contributed by atoms with Crippen LogP contribution in [-0.4, -0.2) is 69.9 Å². The van der Waals surface area contributed by atoms with Gasteiger partial charge in [-0.15, -0.1) is 24.0 Å². The van der Waals surface area contributed by atoms with Crippen molar-refractivity contribution in [2.45, 2.75) is 31.5 Å². The molecule has 2 saturated heterocycles. The third-order valence-corrected chi connectivity index (χ3v) is 5.54. The molecule has 0 amide bonds. The van der Waals surface area contributed by atoms with E-state index in [1.54, 1.807) is 7.05 Å². The van der Waals surface area contributed by atoms with E-state index in [1.807, 2.05) is 0 Å². The van der Waals surface area contributed by atoms with Crippen LogP contribution in [0.3, 0.4) is 0 Å². The van der Waals surface area contributed by atoms with Crippen molar-refractivity contribution >= 4 is 29.9 Å². The molecule has 2 N–H and O–H groups in total. The number of hydrogen-bond acceptors (Lipinski definition) is 4. The van der Waals surface area contributed by atoms with Gasteiger partial charge in [0.1, 0.15) is 12.4 Å². The number of aliphatic imine (C=N–C) groups is 1. The zero-order valence-corrected chi connectivity index (χ0v) is 20.1. The summed E-state index contributed by atoms with van der Waals surface area (Å²) in [7, 11) is 1.68. The summed E-state index contributed by atoms with van der Waals surface area (Å²) in [5.74, 6) is 1.14. The summed E-state index contributed by atoms with van der Waals surface area (Å²) in [6.07, 6.45) is -1.21. The number of rotatable bonds is 7. The Hall–Kier alpha value is -1.27. The Morgan fingerprint density at radius 3 is 2.61 bits per heavy atom. The average molecular weight is 556 g/mol. The molecule has 0 saturated carbocycles. The summed E-state index contributed by atoms with van der Waals surface area (Å²) < 4.78 is 49.8. The van der Waals surface area contributed by atoms with Gasteiger partial charge < -0.3 is 25.0 Å². The Morgan fingerprint density at radius 2 is 1.97 bits per heavy atom. The largest absolute Gasteiger partial charge is 0.491 e. The molecule has 0 spiro atoms. The van der Waals surface area contributed by atoms with Crippen molar-refractivity contribution in [3.63, 3.8) is 0 Å². The van der Waals surface area contributed by atoms with Gasteiger partial charge in [-0.3, -0.25) is 4.99 Å². The highest BCUT2D eigenvalue weighted by Gasteiger charge is 2.34. The molecule has 31 heavy (non-hydrogen) atoms. The number of halogens is 4. The van der Waals surface area contributed by atoms with E-state index in [-0.39, 0.29) is 36.3 Å². The van der Waals surface area contributed by atoms with Crippen molar-refractivity contribution in [1.82, 2.24) is 15.5 Å². The van der Waals surface area contributed by atoms with Gasteiger partial charge in [-0.2, -0.15) is 13.2 Å². The summed E-state index contributed by atoms with van der Waals surface area (Å²) in [5, 5.41) is 6.52. The second kappa shape index (κ2) is 12.7. The number of benzene rings is 1. The van der Waals surface area contributed by atoms with Crippen LogP contribution in [0, 0.1) is 5.92 Å². The van der Waals surface area contributed by atoms with Crippen LogP contribution in [0.1, 0.15) is 24.8 Å². The lowest BCUT2D eigenvalue weighted by Crippen LogP contribution is -2.49. The first-order valence-corrected chi connectivity index (χ1v) is 10.5. The lowest BCUT2D eigenvalue weighted by atomic mass is 10.0. The minimum Gasteiger partial charge on any atom is -0.491 e. The molecule has 1 aromatic rings. The van der Waals surface area contributed by atoms with Crippen LogP contribution in [0.25, 0.3) is 0 Å². The summed E-state index contributed by atoms with van der Waals surface area (Å²) in [5.41, 5.74) is -0.761. The number of piperidine rings is 1.